The largest absolute Gasteiger partial charge is 0.275 e. The van der Waals surface area contributed by atoms with Crippen LogP contribution in [0.25, 0.3) is 0 Å². The highest BCUT2D eigenvalue weighted by Crippen LogP contribution is 2.36. The van der Waals surface area contributed by atoms with Gasteiger partial charge in [0.15, 0.2) is 0 Å². The number of imide groups is 1. The lowest BCUT2D eigenvalue weighted by Crippen LogP contribution is -2.30. The Bertz CT molecular complexity index is 531. The van der Waals surface area contributed by atoms with Gasteiger partial charge in [-0.05, 0) is 26.7 Å². The fourth-order valence-electron chi connectivity index (χ4n) is 2.77. The molecular formula is C14H16N2O2S. The van der Waals surface area contributed by atoms with E-state index in [2.05, 4.69) is 4.98 Å². The molecule has 2 unspecified atom stereocenters. The van der Waals surface area contributed by atoms with Gasteiger partial charge >= 0.3 is 0 Å². The number of fused-ring (bicyclic) bond motifs is 1. The number of carbonyl (C=O) groups is 2. The number of thiazole rings is 1. The summed E-state index contributed by atoms with van der Waals surface area (Å²) in [5.41, 5.74) is 0.984. The summed E-state index contributed by atoms with van der Waals surface area (Å²) in [4.78, 5) is 31.6. The van der Waals surface area contributed by atoms with Crippen molar-refractivity contribution >= 4 is 23.2 Å². The third kappa shape index (κ3) is 2.02. The fourth-order valence-corrected chi connectivity index (χ4v) is 3.69. The Morgan fingerprint density at radius 1 is 1.21 bits per heavy atom. The van der Waals surface area contributed by atoms with Gasteiger partial charge < -0.3 is 0 Å². The van der Waals surface area contributed by atoms with Gasteiger partial charge in [-0.15, -0.1) is 11.3 Å². The van der Waals surface area contributed by atoms with Gasteiger partial charge in [-0.2, -0.15) is 0 Å². The van der Waals surface area contributed by atoms with Gasteiger partial charge in [-0.1, -0.05) is 12.2 Å². The maximum absolute atomic E-state index is 12.3. The molecule has 4 nitrogen and oxygen atoms in total. The summed E-state index contributed by atoms with van der Waals surface area (Å²) in [7, 11) is 0. The van der Waals surface area contributed by atoms with Crippen molar-refractivity contribution in [3.63, 3.8) is 0 Å². The Morgan fingerprint density at radius 2 is 1.79 bits per heavy atom. The summed E-state index contributed by atoms with van der Waals surface area (Å²) in [6.45, 7) is 4.30. The first-order valence-corrected chi connectivity index (χ1v) is 7.32. The lowest BCUT2D eigenvalue weighted by Gasteiger charge is -2.14. The number of amides is 2. The van der Waals surface area contributed by atoms with Crippen molar-refractivity contribution in [2.24, 2.45) is 11.8 Å². The second kappa shape index (κ2) is 4.56. The van der Waals surface area contributed by atoms with Gasteiger partial charge in [0.25, 0.3) is 0 Å². The van der Waals surface area contributed by atoms with Crippen molar-refractivity contribution in [2.75, 3.05) is 0 Å². The minimum absolute atomic E-state index is 0.0233. The molecule has 1 aliphatic heterocycles. The van der Waals surface area contributed by atoms with Crippen LogP contribution in [-0.2, 0) is 16.1 Å². The Balaban J connectivity index is 1.82. The summed E-state index contributed by atoms with van der Waals surface area (Å²) in [5.74, 6) is -0.325. The molecule has 0 aromatic carbocycles. The molecule has 2 aliphatic rings. The molecular weight excluding hydrogens is 260 g/mol. The maximum Gasteiger partial charge on any atom is 0.233 e. The molecule has 1 aromatic rings. The average Bonchev–Trinajstić information content (AvgIpc) is 2.84. The second-order valence-electron chi connectivity index (χ2n) is 5.17. The number of nitrogens with zero attached hydrogens (tertiary/aromatic N) is 2. The molecule has 0 bridgehead atoms. The zero-order chi connectivity index (χ0) is 13.6. The Labute approximate surface area is 116 Å². The van der Waals surface area contributed by atoms with Crippen LogP contribution in [0.1, 0.15) is 28.4 Å². The van der Waals surface area contributed by atoms with E-state index in [0.29, 0.717) is 19.4 Å². The number of hydrogen-bond acceptors (Lipinski definition) is 4. The van der Waals surface area contributed by atoms with E-state index in [9.17, 15) is 9.59 Å². The molecule has 1 aliphatic carbocycles. The van der Waals surface area contributed by atoms with Crippen LogP contribution in [0.4, 0.5) is 0 Å². The van der Waals surface area contributed by atoms with E-state index in [1.54, 1.807) is 11.3 Å². The Morgan fingerprint density at radius 3 is 2.26 bits per heavy atom. The van der Waals surface area contributed by atoms with E-state index in [1.165, 1.54) is 4.90 Å². The quantitative estimate of drug-likeness (QED) is 0.614. The molecule has 19 heavy (non-hydrogen) atoms. The number of likely N-dealkylation sites (tertiary alicyclic amines) is 1. The minimum Gasteiger partial charge on any atom is -0.275 e. The van der Waals surface area contributed by atoms with E-state index in [-0.39, 0.29) is 23.7 Å². The maximum atomic E-state index is 12.3. The van der Waals surface area contributed by atoms with Crippen molar-refractivity contribution in [1.29, 1.82) is 0 Å². The van der Waals surface area contributed by atoms with Crippen molar-refractivity contribution < 1.29 is 9.59 Å². The molecule has 2 heterocycles. The topological polar surface area (TPSA) is 50.3 Å². The summed E-state index contributed by atoms with van der Waals surface area (Å²) < 4.78 is 0. The van der Waals surface area contributed by atoms with E-state index in [0.717, 1.165) is 15.6 Å². The molecule has 1 fully saturated rings. The molecule has 3 rings (SSSR count). The molecule has 1 saturated heterocycles. The van der Waals surface area contributed by atoms with Crippen LogP contribution in [0.3, 0.4) is 0 Å². The first kappa shape index (κ1) is 12.5. The molecule has 0 spiro atoms. The van der Waals surface area contributed by atoms with Gasteiger partial charge in [0.2, 0.25) is 11.8 Å². The number of aromatic nitrogens is 1. The van der Waals surface area contributed by atoms with Gasteiger partial charge in [-0.25, -0.2) is 4.98 Å². The molecule has 5 heteroatoms. The van der Waals surface area contributed by atoms with Crippen molar-refractivity contribution in [3.8, 4) is 0 Å². The first-order chi connectivity index (χ1) is 9.08. The van der Waals surface area contributed by atoms with Gasteiger partial charge in [0.05, 0.1) is 24.1 Å². The standard InChI is InChI=1S/C14H16N2O2S/c1-8-9(2)19-12(15-8)7-16-13(17)10-5-3-4-6-11(10)14(16)18/h3-4,10-11H,5-7H2,1-2H3. The molecule has 2 amide bonds. The molecule has 100 valence electrons. The van der Waals surface area contributed by atoms with Gasteiger partial charge in [0, 0.05) is 4.88 Å². The van der Waals surface area contributed by atoms with Crippen LogP contribution in [0.15, 0.2) is 12.2 Å². The number of rotatable bonds is 2. The first-order valence-electron chi connectivity index (χ1n) is 6.51. The van der Waals surface area contributed by atoms with Gasteiger partial charge in [0.1, 0.15) is 5.01 Å². The Kier molecular flexibility index (Phi) is 3.01. The molecule has 0 radical (unpaired) electrons. The summed E-state index contributed by atoms with van der Waals surface area (Å²) in [5, 5.41) is 0.850. The Hall–Kier alpha value is -1.49. The smallest absolute Gasteiger partial charge is 0.233 e. The summed E-state index contributed by atoms with van der Waals surface area (Å²) in [6.07, 6.45) is 5.41. The zero-order valence-corrected chi connectivity index (χ0v) is 11.9. The highest BCUT2D eigenvalue weighted by molar-refractivity contribution is 7.11. The molecule has 1 aromatic heterocycles. The third-order valence-corrected chi connectivity index (χ3v) is 5.02. The van der Waals surface area contributed by atoms with E-state index in [1.807, 2.05) is 26.0 Å². The van der Waals surface area contributed by atoms with Crippen LogP contribution in [0, 0.1) is 25.7 Å². The van der Waals surface area contributed by atoms with Crippen LogP contribution in [0.5, 0.6) is 0 Å². The van der Waals surface area contributed by atoms with Crippen LogP contribution in [-0.4, -0.2) is 21.7 Å². The highest BCUT2D eigenvalue weighted by atomic mass is 32.1. The number of aryl methyl sites for hydroxylation is 2. The average molecular weight is 276 g/mol. The summed E-state index contributed by atoms with van der Waals surface area (Å²) in [6, 6.07) is 0. The molecule has 0 N–H and O–H groups in total. The van der Waals surface area contributed by atoms with Crippen LogP contribution < -0.4 is 0 Å². The number of carbonyl (C=O) groups excluding carboxylic acids is 2. The molecule has 2 atom stereocenters. The lowest BCUT2D eigenvalue weighted by atomic mass is 9.85. The predicted octanol–water partition coefficient (Wildman–Crippen LogP) is 2.21. The highest BCUT2D eigenvalue weighted by Gasteiger charge is 2.47. The van der Waals surface area contributed by atoms with Crippen LogP contribution in [0.2, 0.25) is 0 Å². The van der Waals surface area contributed by atoms with E-state index in [4.69, 9.17) is 0 Å². The van der Waals surface area contributed by atoms with Gasteiger partial charge in [-0.3, -0.25) is 14.5 Å². The van der Waals surface area contributed by atoms with E-state index < -0.39 is 0 Å². The SMILES string of the molecule is Cc1nc(CN2C(=O)C3CC=CCC3C2=O)sc1C. The molecule has 0 saturated carbocycles. The van der Waals surface area contributed by atoms with Crippen LogP contribution >= 0.6 is 11.3 Å². The lowest BCUT2D eigenvalue weighted by molar-refractivity contribution is -0.140. The fraction of sp³-hybridized carbons (Fsp3) is 0.500. The normalized spacial score (nSPS) is 26.1. The van der Waals surface area contributed by atoms with Crippen molar-refractivity contribution in [2.45, 2.75) is 33.2 Å². The van der Waals surface area contributed by atoms with Crippen molar-refractivity contribution in [1.82, 2.24) is 9.88 Å². The predicted molar refractivity (Wildman–Crippen MR) is 72.5 cm³/mol. The second-order valence-corrected chi connectivity index (χ2v) is 6.46. The number of hydrogen-bond donors (Lipinski definition) is 0. The third-order valence-electron chi connectivity index (χ3n) is 3.97. The van der Waals surface area contributed by atoms with Crippen molar-refractivity contribution in [3.05, 3.63) is 27.7 Å². The minimum atomic E-state index is -0.139. The zero-order valence-electron chi connectivity index (χ0n) is 11.0. The summed E-state index contributed by atoms with van der Waals surface area (Å²) >= 11 is 1.57. The van der Waals surface area contributed by atoms with E-state index >= 15 is 0 Å². The monoisotopic (exact) mass is 276 g/mol. The number of allylic oxidation sites excluding steroid dienone is 2.